The number of carbonyl (C=O) groups excluding carboxylic acids is 1. The van der Waals surface area contributed by atoms with Crippen LogP contribution in [-0.4, -0.2) is 48.3 Å². The highest BCUT2D eigenvalue weighted by molar-refractivity contribution is 5.75. The van der Waals surface area contributed by atoms with Crippen LogP contribution in [0.2, 0.25) is 0 Å². The van der Waals surface area contributed by atoms with Crippen molar-refractivity contribution in [2.45, 2.75) is 70.2 Å². The molecular formula is C19H29NO3. The molecule has 0 aromatic heterocycles. The number of esters is 1. The van der Waals surface area contributed by atoms with Gasteiger partial charge in [0.25, 0.3) is 0 Å². The van der Waals surface area contributed by atoms with Gasteiger partial charge in [-0.3, -0.25) is 4.79 Å². The maximum Gasteiger partial charge on any atom is 0.311 e. The molecule has 0 radical (unpaired) electrons. The van der Waals surface area contributed by atoms with Crippen LogP contribution in [0, 0.1) is 11.8 Å². The molecule has 1 aliphatic carbocycles. The van der Waals surface area contributed by atoms with Crippen molar-refractivity contribution < 1.29 is 14.3 Å². The van der Waals surface area contributed by atoms with Crippen molar-refractivity contribution in [1.82, 2.24) is 4.90 Å². The predicted octanol–water partition coefficient (Wildman–Crippen LogP) is 2.92. The number of fused-ring (bicyclic) bond motifs is 3. The fourth-order valence-electron chi connectivity index (χ4n) is 4.79. The fourth-order valence-corrected chi connectivity index (χ4v) is 4.79. The third kappa shape index (κ3) is 2.96. The SMILES string of the molecule is CC1=CCC[C@@]2(C)O[C@H]2[C@H]2OC(=O)[C@@H](CN3CCCC3)[C@@H]2CC1. The third-order valence-electron chi connectivity index (χ3n) is 6.39. The molecule has 3 saturated heterocycles. The van der Waals surface area contributed by atoms with Gasteiger partial charge in [0.1, 0.15) is 12.2 Å². The van der Waals surface area contributed by atoms with Gasteiger partial charge < -0.3 is 14.4 Å². The fraction of sp³-hybridized carbons (Fsp3) is 0.842. The molecule has 0 N–H and O–H groups in total. The standard InChI is InChI=1S/C19H29NO3/c1-13-6-5-9-19(2)17(23-19)16-14(8-7-13)15(18(21)22-16)12-20-10-3-4-11-20/h6,14-17H,3-5,7-12H2,1-2H3/t14-,15-,16-,17-,19+/m0/s1. The van der Waals surface area contributed by atoms with E-state index in [0.29, 0.717) is 5.92 Å². The lowest BCUT2D eigenvalue weighted by atomic mass is 9.80. The van der Waals surface area contributed by atoms with E-state index in [-0.39, 0.29) is 29.7 Å². The van der Waals surface area contributed by atoms with Crippen LogP contribution in [0.1, 0.15) is 52.4 Å². The van der Waals surface area contributed by atoms with Crippen molar-refractivity contribution in [1.29, 1.82) is 0 Å². The normalized spacial score (nSPS) is 44.3. The Morgan fingerprint density at radius 2 is 2.13 bits per heavy atom. The lowest BCUT2D eigenvalue weighted by Gasteiger charge is -2.25. The molecule has 0 unspecified atom stereocenters. The minimum Gasteiger partial charge on any atom is -0.459 e. The summed E-state index contributed by atoms with van der Waals surface area (Å²) in [6, 6.07) is 0. The molecule has 23 heavy (non-hydrogen) atoms. The second kappa shape index (κ2) is 5.89. The monoisotopic (exact) mass is 319 g/mol. The molecule has 3 fully saturated rings. The zero-order valence-corrected chi connectivity index (χ0v) is 14.4. The van der Waals surface area contributed by atoms with E-state index in [1.54, 1.807) is 0 Å². The van der Waals surface area contributed by atoms with E-state index in [1.807, 2.05) is 0 Å². The Morgan fingerprint density at radius 3 is 2.91 bits per heavy atom. The van der Waals surface area contributed by atoms with Crippen molar-refractivity contribution >= 4 is 5.97 Å². The van der Waals surface area contributed by atoms with Gasteiger partial charge in [0, 0.05) is 12.5 Å². The lowest BCUT2D eigenvalue weighted by molar-refractivity contribution is -0.145. The summed E-state index contributed by atoms with van der Waals surface area (Å²) in [5, 5.41) is 0. The number of ether oxygens (including phenoxy) is 2. The van der Waals surface area contributed by atoms with Gasteiger partial charge in [-0.25, -0.2) is 0 Å². The first-order valence-electron chi connectivity index (χ1n) is 9.33. The maximum atomic E-state index is 12.6. The van der Waals surface area contributed by atoms with E-state index in [9.17, 15) is 4.79 Å². The van der Waals surface area contributed by atoms with E-state index in [0.717, 1.165) is 45.3 Å². The summed E-state index contributed by atoms with van der Waals surface area (Å²) < 4.78 is 11.9. The number of rotatable bonds is 2. The summed E-state index contributed by atoms with van der Waals surface area (Å²) in [7, 11) is 0. The van der Waals surface area contributed by atoms with Gasteiger partial charge in [0.15, 0.2) is 0 Å². The van der Waals surface area contributed by atoms with Gasteiger partial charge in [-0.1, -0.05) is 11.6 Å². The molecule has 4 nitrogen and oxygen atoms in total. The molecule has 0 aromatic rings. The summed E-state index contributed by atoms with van der Waals surface area (Å²) in [4.78, 5) is 15.0. The molecule has 3 aliphatic heterocycles. The number of likely N-dealkylation sites (tertiary alicyclic amines) is 1. The van der Waals surface area contributed by atoms with Crippen LogP contribution < -0.4 is 0 Å². The Kier molecular flexibility index (Phi) is 4.01. The molecule has 0 saturated carbocycles. The molecule has 4 aliphatic rings. The van der Waals surface area contributed by atoms with Gasteiger partial charge >= 0.3 is 5.97 Å². The third-order valence-corrected chi connectivity index (χ3v) is 6.39. The lowest BCUT2D eigenvalue weighted by Crippen LogP contribution is -2.35. The highest BCUT2D eigenvalue weighted by Crippen LogP contribution is 2.50. The van der Waals surface area contributed by atoms with Crippen molar-refractivity contribution in [2.24, 2.45) is 11.8 Å². The molecule has 4 heteroatoms. The Morgan fingerprint density at radius 1 is 1.35 bits per heavy atom. The van der Waals surface area contributed by atoms with E-state index in [1.165, 1.54) is 18.4 Å². The van der Waals surface area contributed by atoms with Gasteiger partial charge in [0.05, 0.1) is 11.5 Å². The molecule has 0 aromatic carbocycles. The highest BCUT2D eigenvalue weighted by Gasteiger charge is 2.62. The first-order chi connectivity index (χ1) is 11.1. The van der Waals surface area contributed by atoms with Crippen molar-refractivity contribution in [2.75, 3.05) is 19.6 Å². The maximum absolute atomic E-state index is 12.6. The summed E-state index contributed by atoms with van der Waals surface area (Å²) in [5.74, 6) is 0.376. The summed E-state index contributed by atoms with van der Waals surface area (Å²) >= 11 is 0. The molecule has 5 atom stereocenters. The van der Waals surface area contributed by atoms with Crippen LogP contribution in [0.5, 0.6) is 0 Å². The minimum atomic E-state index is -0.0835. The molecule has 0 bridgehead atoms. The Labute approximate surface area is 139 Å². The van der Waals surface area contributed by atoms with Gasteiger partial charge in [-0.15, -0.1) is 0 Å². The number of hydrogen-bond acceptors (Lipinski definition) is 4. The van der Waals surface area contributed by atoms with E-state index in [4.69, 9.17) is 9.47 Å². The van der Waals surface area contributed by atoms with Gasteiger partial charge in [-0.2, -0.15) is 0 Å². The predicted molar refractivity (Wildman–Crippen MR) is 88.0 cm³/mol. The molecule has 128 valence electrons. The molecular weight excluding hydrogens is 290 g/mol. The quantitative estimate of drug-likeness (QED) is 0.446. The number of allylic oxidation sites excluding steroid dienone is 2. The smallest absolute Gasteiger partial charge is 0.311 e. The summed E-state index contributed by atoms with van der Waals surface area (Å²) in [5.41, 5.74) is 1.37. The minimum absolute atomic E-state index is 0.0191. The molecule has 0 spiro atoms. The number of epoxide rings is 1. The topological polar surface area (TPSA) is 42.1 Å². The van der Waals surface area contributed by atoms with Crippen LogP contribution in [-0.2, 0) is 14.3 Å². The first-order valence-corrected chi connectivity index (χ1v) is 9.33. The molecule has 3 heterocycles. The van der Waals surface area contributed by atoms with Crippen molar-refractivity contribution in [3.63, 3.8) is 0 Å². The Balaban J connectivity index is 1.54. The second-order valence-electron chi connectivity index (χ2n) is 8.16. The Bertz CT molecular complexity index is 511. The highest BCUT2D eigenvalue weighted by atomic mass is 16.6. The van der Waals surface area contributed by atoms with Crippen LogP contribution in [0.3, 0.4) is 0 Å². The van der Waals surface area contributed by atoms with Crippen molar-refractivity contribution in [3.8, 4) is 0 Å². The number of nitrogens with zero attached hydrogens (tertiary/aromatic N) is 1. The molecule has 0 amide bonds. The summed E-state index contributed by atoms with van der Waals surface area (Å²) in [6.07, 6.45) is 9.22. The zero-order chi connectivity index (χ0) is 16.0. The van der Waals surface area contributed by atoms with Crippen LogP contribution in [0.15, 0.2) is 11.6 Å². The number of carbonyl (C=O) groups is 1. The zero-order valence-electron chi connectivity index (χ0n) is 14.4. The van der Waals surface area contributed by atoms with Crippen LogP contribution >= 0.6 is 0 Å². The van der Waals surface area contributed by atoms with Gasteiger partial charge in [0.2, 0.25) is 0 Å². The number of hydrogen-bond donors (Lipinski definition) is 0. The van der Waals surface area contributed by atoms with E-state index in [2.05, 4.69) is 24.8 Å². The van der Waals surface area contributed by atoms with Crippen LogP contribution in [0.4, 0.5) is 0 Å². The Hall–Kier alpha value is -0.870. The average molecular weight is 319 g/mol. The van der Waals surface area contributed by atoms with E-state index < -0.39 is 0 Å². The van der Waals surface area contributed by atoms with Gasteiger partial charge in [-0.05, 0) is 65.5 Å². The largest absolute Gasteiger partial charge is 0.459 e. The van der Waals surface area contributed by atoms with Crippen LogP contribution in [0.25, 0.3) is 0 Å². The first kappa shape index (κ1) is 15.6. The van der Waals surface area contributed by atoms with Crippen molar-refractivity contribution in [3.05, 3.63) is 11.6 Å². The second-order valence-corrected chi connectivity index (χ2v) is 8.16. The van der Waals surface area contributed by atoms with E-state index >= 15 is 0 Å². The summed E-state index contributed by atoms with van der Waals surface area (Å²) in [6.45, 7) is 7.56. The molecule has 4 rings (SSSR count). The average Bonchev–Trinajstić information content (AvgIpc) is 2.87.